The lowest BCUT2D eigenvalue weighted by atomic mass is 9.48. The predicted octanol–water partition coefficient (Wildman–Crippen LogP) is 3.49. The van der Waals surface area contributed by atoms with Gasteiger partial charge in [0.25, 0.3) is 0 Å². The lowest BCUT2D eigenvalue weighted by Gasteiger charge is -2.55. The van der Waals surface area contributed by atoms with Gasteiger partial charge in [0, 0.05) is 11.6 Å². The summed E-state index contributed by atoms with van der Waals surface area (Å²) < 4.78 is 5.35. The van der Waals surface area contributed by atoms with E-state index in [1.54, 1.807) is 13.3 Å². The molecule has 0 aromatic carbocycles. The normalized spacial score (nSPS) is 38.0. The van der Waals surface area contributed by atoms with Crippen molar-refractivity contribution in [1.82, 2.24) is 4.98 Å². The summed E-state index contributed by atoms with van der Waals surface area (Å²) in [5.41, 5.74) is 0.424. The zero-order valence-electron chi connectivity index (χ0n) is 12.0. The molecular weight excluding hydrogens is 250 g/mol. The summed E-state index contributed by atoms with van der Waals surface area (Å²) in [4.78, 5) is 17.5. The highest BCUT2D eigenvalue weighted by Gasteiger charge is 2.55. The number of methoxy groups -OCH3 is 1. The number of hydrogen-bond donors (Lipinski definition) is 0. The van der Waals surface area contributed by atoms with E-state index in [4.69, 9.17) is 4.74 Å². The Morgan fingerprint density at radius 2 is 1.80 bits per heavy atom. The number of ketones is 1. The molecule has 0 radical (unpaired) electrons. The molecule has 4 saturated carbocycles. The minimum absolute atomic E-state index is 0.129. The van der Waals surface area contributed by atoms with Gasteiger partial charge in [-0.3, -0.25) is 4.79 Å². The van der Waals surface area contributed by atoms with Crippen LogP contribution in [0.15, 0.2) is 18.3 Å². The molecular formula is C17H21NO2. The maximum Gasteiger partial charge on any atom is 0.191 e. The molecule has 0 aliphatic heterocycles. The Kier molecular flexibility index (Phi) is 2.66. The monoisotopic (exact) mass is 271 g/mol. The highest BCUT2D eigenvalue weighted by atomic mass is 16.5. The third-order valence-corrected chi connectivity index (χ3v) is 5.73. The molecule has 4 aliphatic rings. The second-order valence-corrected chi connectivity index (χ2v) is 7.08. The minimum Gasteiger partial charge on any atom is -0.494 e. The van der Waals surface area contributed by atoms with Crippen molar-refractivity contribution in [2.24, 2.45) is 23.2 Å². The summed E-state index contributed by atoms with van der Waals surface area (Å²) in [7, 11) is 1.62. The van der Waals surface area contributed by atoms with Crippen molar-refractivity contribution in [1.29, 1.82) is 0 Å². The number of pyridine rings is 1. The van der Waals surface area contributed by atoms with E-state index in [1.807, 2.05) is 12.1 Å². The first-order chi connectivity index (χ1) is 9.70. The topological polar surface area (TPSA) is 39.2 Å². The summed E-state index contributed by atoms with van der Waals surface area (Å²) in [5, 5.41) is 0. The minimum atomic E-state index is -0.129. The van der Waals surface area contributed by atoms with Crippen LogP contribution in [-0.2, 0) is 0 Å². The van der Waals surface area contributed by atoms with Gasteiger partial charge in [-0.05, 0) is 68.4 Å². The van der Waals surface area contributed by atoms with Crippen molar-refractivity contribution < 1.29 is 9.53 Å². The first-order valence-corrected chi connectivity index (χ1v) is 7.74. The molecule has 1 heterocycles. The van der Waals surface area contributed by atoms with E-state index in [0.29, 0.717) is 11.4 Å². The Hall–Kier alpha value is -1.38. The van der Waals surface area contributed by atoms with Crippen LogP contribution in [-0.4, -0.2) is 17.9 Å². The number of hydrogen-bond acceptors (Lipinski definition) is 3. The molecule has 1 aromatic heterocycles. The Morgan fingerprint density at radius 1 is 1.20 bits per heavy atom. The average Bonchev–Trinajstić information content (AvgIpc) is 2.45. The van der Waals surface area contributed by atoms with Crippen molar-refractivity contribution in [2.45, 2.75) is 38.5 Å². The van der Waals surface area contributed by atoms with Gasteiger partial charge in [-0.15, -0.1) is 0 Å². The first kappa shape index (κ1) is 12.4. The molecule has 106 valence electrons. The van der Waals surface area contributed by atoms with Gasteiger partial charge in [0.2, 0.25) is 0 Å². The number of ether oxygens (including phenoxy) is 1. The van der Waals surface area contributed by atoms with E-state index >= 15 is 0 Å². The molecule has 0 spiro atoms. The molecule has 4 aliphatic carbocycles. The molecule has 4 bridgehead atoms. The summed E-state index contributed by atoms with van der Waals surface area (Å²) in [6.07, 6.45) is 9.01. The molecule has 20 heavy (non-hydrogen) atoms. The fourth-order valence-electron chi connectivity index (χ4n) is 5.37. The van der Waals surface area contributed by atoms with Crippen LogP contribution in [0.25, 0.3) is 0 Å². The van der Waals surface area contributed by atoms with E-state index in [2.05, 4.69) is 4.98 Å². The highest BCUT2D eigenvalue weighted by Crippen LogP contribution is 2.61. The van der Waals surface area contributed by atoms with Crippen LogP contribution >= 0.6 is 0 Å². The molecule has 0 atom stereocenters. The van der Waals surface area contributed by atoms with E-state index in [9.17, 15) is 4.79 Å². The van der Waals surface area contributed by atoms with Gasteiger partial charge in [0.15, 0.2) is 5.78 Å². The van der Waals surface area contributed by atoms with Gasteiger partial charge in [-0.1, -0.05) is 0 Å². The highest BCUT2D eigenvalue weighted by molar-refractivity contribution is 6.01. The SMILES string of the molecule is COc1cccnc1C(=O)C12CC3CC(CC(C3)C1)C2. The van der Waals surface area contributed by atoms with Crippen molar-refractivity contribution in [3.8, 4) is 5.75 Å². The molecule has 3 heteroatoms. The van der Waals surface area contributed by atoms with Crippen LogP contribution in [0.5, 0.6) is 5.75 Å². The maximum atomic E-state index is 13.1. The van der Waals surface area contributed by atoms with Gasteiger partial charge in [0.05, 0.1) is 7.11 Å². The number of carbonyl (C=O) groups excluding carboxylic acids is 1. The fourth-order valence-corrected chi connectivity index (χ4v) is 5.37. The summed E-state index contributed by atoms with van der Waals surface area (Å²) in [6, 6.07) is 3.68. The van der Waals surface area contributed by atoms with Gasteiger partial charge >= 0.3 is 0 Å². The standard InChI is InChI=1S/C17H21NO2/c1-20-14-3-2-4-18-15(14)16(19)17-8-11-5-12(9-17)7-13(6-11)10-17/h2-4,11-13H,5-10H2,1H3. The molecule has 0 amide bonds. The Morgan fingerprint density at radius 3 is 2.35 bits per heavy atom. The van der Waals surface area contributed by atoms with Crippen LogP contribution < -0.4 is 4.74 Å². The van der Waals surface area contributed by atoms with E-state index in [0.717, 1.165) is 37.0 Å². The third kappa shape index (κ3) is 1.72. The summed E-state index contributed by atoms with van der Waals surface area (Å²) in [5.74, 6) is 3.21. The second kappa shape index (κ2) is 4.31. The number of rotatable bonds is 3. The number of Topliss-reactive ketones (excluding diaryl/α,β-unsaturated/α-hetero) is 1. The third-order valence-electron chi connectivity index (χ3n) is 5.73. The Bertz CT molecular complexity index is 516. The van der Waals surface area contributed by atoms with Crippen molar-refractivity contribution in [2.75, 3.05) is 7.11 Å². The zero-order chi connectivity index (χ0) is 13.7. The van der Waals surface area contributed by atoms with Gasteiger partial charge in [-0.25, -0.2) is 4.98 Å². The molecule has 5 rings (SSSR count). The zero-order valence-corrected chi connectivity index (χ0v) is 12.0. The van der Waals surface area contributed by atoms with E-state index in [1.165, 1.54) is 19.3 Å². The van der Waals surface area contributed by atoms with Crippen molar-refractivity contribution in [3.05, 3.63) is 24.0 Å². The molecule has 4 fully saturated rings. The molecule has 0 saturated heterocycles. The first-order valence-electron chi connectivity index (χ1n) is 7.74. The van der Waals surface area contributed by atoms with Crippen molar-refractivity contribution in [3.63, 3.8) is 0 Å². The maximum absolute atomic E-state index is 13.1. The summed E-state index contributed by atoms with van der Waals surface area (Å²) >= 11 is 0. The number of carbonyl (C=O) groups is 1. The average molecular weight is 271 g/mol. The number of nitrogens with zero attached hydrogens (tertiary/aromatic N) is 1. The largest absolute Gasteiger partial charge is 0.494 e. The van der Waals surface area contributed by atoms with Crippen LogP contribution in [0.1, 0.15) is 49.0 Å². The van der Waals surface area contributed by atoms with Crippen LogP contribution in [0.2, 0.25) is 0 Å². The summed E-state index contributed by atoms with van der Waals surface area (Å²) in [6.45, 7) is 0. The number of aromatic nitrogens is 1. The van der Waals surface area contributed by atoms with Gasteiger partial charge in [-0.2, -0.15) is 0 Å². The predicted molar refractivity (Wildman–Crippen MR) is 75.7 cm³/mol. The molecule has 0 N–H and O–H groups in total. The lowest BCUT2D eigenvalue weighted by Crippen LogP contribution is -2.50. The van der Waals surface area contributed by atoms with E-state index in [-0.39, 0.29) is 11.2 Å². The molecule has 1 aromatic rings. The van der Waals surface area contributed by atoms with Crippen molar-refractivity contribution >= 4 is 5.78 Å². The second-order valence-electron chi connectivity index (χ2n) is 7.08. The Balaban J connectivity index is 1.71. The molecule has 0 unspecified atom stereocenters. The lowest BCUT2D eigenvalue weighted by molar-refractivity contribution is -0.0356. The van der Waals surface area contributed by atoms with Crippen LogP contribution in [0.4, 0.5) is 0 Å². The quantitative estimate of drug-likeness (QED) is 0.790. The van der Waals surface area contributed by atoms with Gasteiger partial charge < -0.3 is 4.74 Å². The smallest absolute Gasteiger partial charge is 0.191 e. The fraction of sp³-hybridized carbons (Fsp3) is 0.647. The van der Waals surface area contributed by atoms with Crippen LogP contribution in [0.3, 0.4) is 0 Å². The Labute approximate surface area is 119 Å². The van der Waals surface area contributed by atoms with Gasteiger partial charge in [0.1, 0.15) is 11.4 Å². The van der Waals surface area contributed by atoms with E-state index < -0.39 is 0 Å². The van der Waals surface area contributed by atoms with Crippen LogP contribution in [0, 0.1) is 23.2 Å². The molecule has 3 nitrogen and oxygen atoms in total.